The molecule has 8 heteroatoms. The third kappa shape index (κ3) is 5.27. The van der Waals surface area contributed by atoms with Gasteiger partial charge in [-0.15, -0.1) is 12.6 Å². The number of hydrogen-bond acceptors (Lipinski definition) is 5. The second-order valence-corrected chi connectivity index (χ2v) is 4.56. The molecule has 1 amide bonds. The number of amides is 1. The molecule has 0 bridgehead atoms. The van der Waals surface area contributed by atoms with Crippen molar-refractivity contribution in [3.63, 3.8) is 0 Å². The molecule has 0 saturated carbocycles. The summed E-state index contributed by atoms with van der Waals surface area (Å²) in [6.07, 6.45) is -0.662. The van der Waals surface area contributed by atoms with Crippen molar-refractivity contribution in [2.75, 3.05) is 6.54 Å². The van der Waals surface area contributed by atoms with Gasteiger partial charge in [-0.05, 0) is 17.7 Å². The molecule has 1 atom stereocenters. The van der Waals surface area contributed by atoms with Gasteiger partial charge in [0.1, 0.15) is 6.61 Å². The van der Waals surface area contributed by atoms with Crippen LogP contribution in [0.3, 0.4) is 0 Å². The van der Waals surface area contributed by atoms with Gasteiger partial charge in [-0.1, -0.05) is 6.92 Å². The molecule has 1 rings (SSSR count). The number of non-ortho nitro benzene ring substituents is 1. The minimum absolute atomic E-state index is 0.00691. The Morgan fingerprint density at radius 1 is 1.40 bits per heavy atom. The average Bonchev–Trinajstić information content (AvgIpc) is 2.42. The van der Waals surface area contributed by atoms with E-state index in [1.807, 2.05) is 0 Å². The largest absolute Gasteiger partial charge is 0.445 e. The van der Waals surface area contributed by atoms with Gasteiger partial charge in [-0.25, -0.2) is 4.79 Å². The van der Waals surface area contributed by atoms with Crippen molar-refractivity contribution in [3.05, 3.63) is 39.9 Å². The first kappa shape index (κ1) is 16.0. The minimum atomic E-state index is -0.662. The first-order valence-corrected chi connectivity index (χ1v) is 6.21. The smallest absolute Gasteiger partial charge is 0.407 e. The van der Waals surface area contributed by atoms with Crippen LogP contribution in [0.15, 0.2) is 24.3 Å². The summed E-state index contributed by atoms with van der Waals surface area (Å²) in [6, 6.07) is 5.67. The molecule has 0 saturated heterocycles. The van der Waals surface area contributed by atoms with Crippen LogP contribution in [-0.2, 0) is 16.1 Å². The molecule has 20 heavy (non-hydrogen) atoms. The summed E-state index contributed by atoms with van der Waals surface area (Å²) in [5.74, 6) is -0.398. The molecule has 1 aromatic carbocycles. The zero-order valence-corrected chi connectivity index (χ0v) is 11.6. The van der Waals surface area contributed by atoms with Crippen LogP contribution in [0, 0.1) is 16.0 Å². The number of carbonyl (C=O) groups excluding carboxylic acids is 2. The summed E-state index contributed by atoms with van der Waals surface area (Å²) in [7, 11) is 0. The summed E-state index contributed by atoms with van der Waals surface area (Å²) in [5.41, 5.74) is 0.600. The van der Waals surface area contributed by atoms with Crippen LogP contribution < -0.4 is 5.32 Å². The third-order valence-electron chi connectivity index (χ3n) is 2.49. The fourth-order valence-electron chi connectivity index (χ4n) is 1.24. The Morgan fingerprint density at radius 3 is 2.50 bits per heavy atom. The Morgan fingerprint density at radius 2 is 2.00 bits per heavy atom. The zero-order valence-electron chi connectivity index (χ0n) is 10.7. The van der Waals surface area contributed by atoms with E-state index in [4.69, 9.17) is 4.74 Å². The Bertz CT molecular complexity index is 503. The number of nitrogens with zero attached hydrogens (tertiary/aromatic N) is 1. The molecule has 0 fully saturated rings. The molecule has 0 aliphatic heterocycles. The maximum absolute atomic E-state index is 11.3. The molecule has 0 aromatic heterocycles. The number of thiol groups is 1. The van der Waals surface area contributed by atoms with Gasteiger partial charge >= 0.3 is 6.09 Å². The first-order chi connectivity index (χ1) is 9.40. The highest BCUT2D eigenvalue weighted by molar-refractivity contribution is 7.96. The van der Waals surface area contributed by atoms with E-state index in [0.29, 0.717) is 5.56 Å². The number of alkyl carbamates (subject to hydrolysis) is 1. The molecule has 0 heterocycles. The molecule has 0 unspecified atom stereocenters. The van der Waals surface area contributed by atoms with Gasteiger partial charge in [0.2, 0.25) is 0 Å². The normalized spacial score (nSPS) is 11.5. The quantitative estimate of drug-likeness (QED) is 0.475. The summed E-state index contributed by atoms with van der Waals surface area (Å²) in [4.78, 5) is 32.1. The molecule has 108 valence electrons. The fraction of sp³-hybridized carbons (Fsp3) is 0.333. The molecule has 7 nitrogen and oxygen atoms in total. The van der Waals surface area contributed by atoms with Crippen molar-refractivity contribution < 1.29 is 19.2 Å². The third-order valence-corrected chi connectivity index (χ3v) is 2.93. The highest BCUT2D eigenvalue weighted by atomic mass is 32.1. The lowest BCUT2D eigenvalue weighted by Crippen LogP contribution is -2.30. The van der Waals surface area contributed by atoms with Gasteiger partial charge in [-0.2, -0.15) is 0 Å². The summed E-state index contributed by atoms with van der Waals surface area (Å²) in [5, 5.41) is 12.6. The van der Waals surface area contributed by atoms with Gasteiger partial charge in [0.25, 0.3) is 5.69 Å². The van der Waals surface area contributed by atoms with Crippen LogP contribution in [-0.4, -0.2) is 22.7 Å². The number of hydrogen-bond donors (Lipinski definition) is 2. The van der Waals surface area contributed by atoms with Crippen molar-refractivity contribution in [1.29, 1.82) is 0 Å². The van der Waals surface area contributed by atoms with Gasteiger partial charge in [0, 0.05) is 24.6 Å². The summed E-state index contributed by atoms with van der Waals surface area (Å²) >= 11 is 3.64. The van der Waals surface area contributed by atoms with Gasteiger partial charge in [0.15, 0.2) is 5.12 Å². The molecular weight excluding hydrogens is 284 g/mol. The van der Waals surface area contributed by atoms with Crippen molar-refractivity contribution in [1.82, 2.24) is 5.32 Å². The number of nitro benzene ring substituents is 1. The Hall–Kier alpha value is -2.09. The van der Waals surface area contributed by atoms with Gasteiger partial charge in [0.05, 0.1) is 4.92 Å². The van der Waals surface area contributed by atoms with Gasteiger partial charge < -0.3 is 10.1 Å². The lowest BCUT2D eigenvalue weighted by Gasteiger charge is -2.09. The number of ether oxygens (including phenoxy) is 1. The molecule has 0 spiro atoms. The van der Waals surface area contributed by atoms with Gasteiger partial charge in [-0.3, -0.25) is 14.9 Å². The highest BCUT2D eigenvalue weighted by Crippen LogP contribution is 2.12. The van der Waals surface area contributed by atoms with E-state index in [1.165, 1.54) is 24.3 Å². The van der Waals surface area contributed by atoms with E-state index in [0.717, 1.165) is 0 Å². The maximum Gasteiger partial charge on any atom is 0.407 e. The van der Waals surface area contributed by atoms with Crippen LogP contribution in [0.1, 0.15) is 12.5 Å². The van der Waals surface area contributed by atoms with Crippen LogP contribution in [0.4, 0.5) is 10.5 Å². The number of rotatable bonds is 6. The van der Waals surface area contributed by atoms with Crippen molar-refractivity contribution in [2.45, 2.75) is 13.5 Å². The standard InChI is InChI=1S/C12H14N2O5S/c1-8(11(15)20)6-13-12(16)19-7-9-2-4-10(5-3-9)14(17)18/h2-5,8H,6-7H2,1H3,(H,13,16)(H,15,20)/t8-/m1/s1. The molecule has 0 aliphatic carbocycles. The van der Waals surface area contributed by atoms with E-state index < -0.39 is 16.9 Å². The van der Waals surface area contributed by atoms with Crippen molar-refractivity contribution in [2.24, 2.45) is 5.92 Å². The second-order valence-electron chi connectivity index (χ2n) is 4.12. The SMILES string of the molecule is C[C@H](CNC(=O)OCc1ccc([N+](=O)[O-])cc1)C(=O)S. The van der Waals surface area contributed by atoms with E-state index in [-0.39, 0.29) is 24.0 Å². The predicted molar refractivity (Wildman–Crippen MR) is 74.4 cm³/mol. The van der Waals surface area contributed by atoms with E-state index in [9.17, 15) is 19.7 Å². The lowest BCUT2D eigenvalue weighted by atomic mass is 10.2. The van der Waals surface area contributed by atoms with E-state index >= 15 is 0 Å². The molecule has 0 aliphatic rings. The fourth-order valence-corrected chi connectivity index (χ4v) is 1.33. The zero-order chi connectivity index (χ0) is 15.1. The predicted octanol–water partition coefficient (Wildman–Crippen LogP) is 1.91. The monoisotopic (exact) mass is 298 g/mol. The molecule has 0 radical (unpaired) electrons. The first-order valence-electron chi connectivity index (χ1n) is 5.77. The topological polar surface area (TPSA) is 98.5 Å². The average molecular weight is 298 g/mol. The number of benzene rings is 1. The second kappa shape index (κ2) is 7.49. The Labute approximate surface area is 120 Å². The highest BCUT2D eigenvalue weighted by Gasteiger charge is 2.11. The van der Waals surface area contributed by atoms with Crippen molar-refractivity contribution in [3.8, 4) is 0 Å². The maximum atomic E-state index is 11.3. The minimum Gasteiger partial charge on any atom is -0.445 e. The lowest BCUT2D eigenvalue weighted by molar-refractivity contribution is -0.384. The number of carbonyl (C=O) groups is 2. The summed E-state index contributed by atoms with van der Waals surface area (Å²) in [6.45, 7) is 1.76. The van der Waals surface area contributed by atoms with E-state index in [2.05, 4.69) is 17.9 Å². The van der Waals surface area contributed by atoms with Crippen LogP contribution >= 0.6 is 12.6 Å². The summed E-state index contributed by atoms with van der Waals surface area (Å²) < 4.78 is 4.90. The molecule has 1 N–H and O–H groups in total. The van der Waals surface area contributed by atoms with E-state index in [1.54, 1.807) is 6.92 Å². The van der Waals surface area contributed by atoms with Crippen LogP contribution in [0.25, 0.3) is 0 Å². The van der Waals surface area contributed by atoms with Crippen molar-refractivity contribution >= 4 is 29.5 Å². The number of nitro groups is 1. The Kier molecular flexibility index (Phi) is 5.98. The Balaban J connectivity index is 2.37. The molecular formula is C12H14N2O5S. The van der Waals surface area contributed by atoms with Crippen LogP contribution in [0.2, 0.25) is 0 Å². The number of nitrogens with one attached hydrogen (secondary N) is 1. The molecule has 1 aromatic rings. The van der Waals surface area contributed by atoms with Crippen LogP contribution in [0.5, 0.6) is 0 Å².